The Morgan fingerprint density at radius 1 is 1.26 bits per heavy atom. The average Bonchev–Trinajstić information content (AvgIpc) is 3.22. The molecule has 0 aliphatic carbocycles. The molecule has 2 fully saturated rings. The SMILES string of the molecule is C[C@H]1CCCCN1CCCNC(=O)[C@@H]1CCCN(S(=O)(=O)c2cccs2)C1. The van der Waals surface area contributed by atoms with Crippen molar-refractivity contribution >= 4 is 27.3 Å². The van der Waals surface area contributed by atoms with Gasteiger partial charge in [-0.15, -0.1) is 11.3 Å². The zero-order chi connectivity index (χ0) is 19.3. The minimum absolute atomic E-state index is 0.00669. The van der Waals surface area contributed by atoms with E-state index in [0.717, 1.165) is 32.4 Å². The molecule has 1 aromatic heterocycles. The molecule has 1 N–H and O–H groups in total. The zero-order valence-corrected chi connectivity index (χ0v) is 17.7. The van der Waals surface area contributed by atoms with Crippen LogP contribution in [0.2, 0.25) is 0 Å². The van der Waals surface area contributed by atoms with E-state index in [2.05, 4.69) is 17.1 Å². The van der Waals surface area contributed by atoms with E-state index in [1.54, 1.807) is 17.5 Å². The fourth-order valence-electron chi connectivity index (χ4n) is 4.04. The van der Waals surface area contributed by atoms with E-state index < -0.39 is 10.0 Å². The molecule has 2 aliphatic rings. The molecule has 0 bridgehead atoms. The summed E-state index contributed by atoms with van der Waals surface area (Å²) >= 11 is 1.23. The molecule has 152 valence electrons. The van der Waals surface area contributed by atoms with Crippen LogP contribution in [0.3, 0.4) is 0 Å². The third kappa shape index (κ3) is 5.31. The van der Waals surface area contributed by atoms with Gasteiger partial charge in [-0.25, -0.2) is 8.42 Å². The van der Waals surface area contributed by atoms with E-state index in [1.807, 2.05) is 0 Å². The van der Waals surface area contributed by atoms with Gasteiger partial charge in [0.05, 0.1) is 5.92 Å². The molecule has 6 nitrogen and oxygen atoms in total. The van der Waals surface area contributed by atoms with Gasteiger partial charge < -0.3 is 10.2 Å². The molecule has 3 rings (SSSR count). The van der Waals surface area contributed by atoms with Crippen molar-refractivity contribution in [2.75, 3.05) is 32.7 Å². The number of amides is 1. The van der Waals surface area contributed by atoms with Crippen LogP contribution < -0.4 is 5.32 Å². The van der Waals surface area contributed by atoms with Gasteiger partial charge in [0, 0.05) is 32.2 Å². The number of thiophene rings is 1. The van der Waals surface area contributed by atoms with Crippen molar-refractivity contribution in [2.45, 2.75) is 55.7 Å². The molecule has 27 heavy (non-hydrogen) atoms. The van der Waals surface area contributed by atoms with E-state index in [9.17, 15) is 13.2 Å². The van der Waals surface area contributed by atoms with Gasteiger partial charge in [-0.2, -0.15) is 4.31 Å². The van der Waals surface area contributed by atoms with E-state index in [0.29, 0.717) is 23.3 Å². The van der Waals surface area contributed by atoms with Crippen molar-refractivity contribution in [1.29, 1.82) is 0 Å². The van der Waals surface area contributed by atoms with Crippen molar-refractivity contribution in [1.82, 2.24) is 14.5 Å². The summed E-state index contributed by atoms with van der Waals surface area (Å²) in [5.41, 5.74) is 0. The van der Waals surface area contributed by atoms with Crippen molar-refractivity contribution < 1.29 is 13.2 Å². The monoisotopic (exact) mass is 413 g/mol. The van der Waals surface area contributed by atoms with Gasteiger partial charge in [0.15, 0.2) is 0 Å². The molecule has 0 aromatic carbocycles. The lowest BCUT2D eigenvalue weighted by atomic mass is 9.99. The van der Waals surface area contributed by atoms with Gasteiger partial charge >= 0.3 is 0 Å². The lowest BCUT2D eigenvalue weighted by molar-refractivity contribution is -0.126. The largest absolute Gasteiger partial charge is 0.356 e. The first kappa shape index (κ1) is 20.8. The maximum atomic E-state index is 12.7. The first-order valence-corrected chi connectivity index (χ1v) is 12.4. The summed E-state index contributed by atoms with van der Waals surface area (Å²) in [7, 11) is -3.47. The third-order valence-electron chi connectivity index (χ3n) is 5.71. The highest BCUT2D eigenvalue weighted by molar-refractivity contribution is 7.91. The predicted molar refractivity (Wildman–Crippen MR) is 108 cm³/mol. The Hall–Kier alpha value is -0.960. The minimum atomic E-state index is -3.47. The summed E-state index contributed by atoms with van der Waals surface area (Å²) in [6, 6.07) is 4.02. The van der Waals surface area contributed by atoms with Crippen LogP contribution >= 0.6 is 11.3 Å². The van der Waals surface area contributed by atoms with Crippen molar-refractivity contribution in [3.63, 3.8) is 0 Å². The van der Waals surface area contributed by atoms with Crippen LogP contribution in [-0.2, 0) is 14.8 Å². The lowest BCUT2D eigenvalue weighted by Gasteiger charge is -2.33. The molecule has 2 atom stereocenters. The molecule has 3 heterocycles. The second-order valence-electron chi connectivity index (χ2n) is 7.66. The fourth-order valence-corrected chi connectivity index (χ4v) is 6.71. The highest BCUT2D eigenvalue weighted by atomic mass is 32.2. The Labute approximate surface area is 167 Å². The molecular formula is C19H31N3O3S2. The quantitative estimate of drug-likeness (QED) is 0.698. The van der Waals surface area contributed by atoms with Crippen LogP contribution in [0.25, 0.3) is 0 Å². The van der Waals surface area contributed by atoms with Gasteiger partial charge in [0.1, 0.15) is 4.21 Å². The van der Waals surface area contributed by atoms with Crippen LogP contribution in [0.5, 0.6) is 0 Å². The molecule has 1 amide bonds. The maximum Gasteiger partial charge on any atom is 0.252 e. The summed E-state index contributed by atoms with van der Waals surface area (Å²) in [6.45, 7) is 5.91. The normalized spacial score (nSPS) is 25.4. The molecular weight excluding hydrogens is 382 g/mol. The van der Waals surface area contributed by atoms with Gasteiger partial charge in [-0.3, -0.25) is 4.79 Å². The number of piperidine rings is 2. The van der Waals surface area contributed by atoms with Gasteiger partial charge in [0.2, 0.25) is 5.91 Å². The highest BCUT2D eigenvalue weighted by Gasteiger charge is 2.33. The molecule has 0 spiro atoms. The number of hydrogen-bond donors (Lipinski definition) is 1. The average molecular weight is 414 g/mol. The van der Waals surface area contributed by atoms with E-state index >= 15 is 0 Å². The van der Waals surface area contributed by atoms with Crippen LogP contribution in [0.1, 0.15) is 45.4 Å². The maximum absolute atomic E-state index is 12.7. The molecule has 0 unspecified atom stereocenters. The summed E-state index contributed by atoms with van der Waals surface area (Å²) in [6.07, 6.45) is 6.29. The Morgan fingerprint density at radius 3 is 2.85 bits per heavy atom. The number of carbonyl (C=O) groups is 1. The molecule has 2 aliphatic heterocycles. The summed E-state index contributed by atoms with van der Waals surface area (Å²) in [4.78, 5) is 15.0. The summed E-state index contributed by atoms with van der Waals surface area (Å²) in [5.74, 6) is -0.254. The molecule has 2 saturated heterocycles. The first-order valence-electron chi connectivity index (χ1n) is 10.0. The zero-order valence-electron chi connectivity index (χ0n) is 16.1. The standard InChI is InChI=1S/C19H31N3O3S2/c1-16-7-2-3-11-21(16)12-6-10-20-19(23)17-8-4-13-22(15-17)27(24,25)18-9-5-14-26-18/h5,9,14,16-17H,2-4,6-8,10-13,15H2,1H3,(H,20,23)/t16-,17+/m0/s1. The van der Waals surface area contributed by atoms with Crippen LogP contribution in [0, 0.1) is 5.92 Å². The predicted octanol–water partition coefficient (Wildman–Crippen LogP) is 2.53. The Balaban J connectivity index is 1.44. The molecule has 0 radical (unpaired) electrons. The third-order valence-corrected chi connectivity index (χ3v) is 8.94. The van der Waals surface area contributed by atoms with Gasteiger partial charge in [-0.05, 0) is 57.0 Å². The number of nitrogens with one attached hydrogen (secondary N) is 1. The first-order chi connectivity index (χ1) is 13.0. The molecule has 0 saturated carbocycles. The second-order valence-corrected chi connectivity index (χ2v) is 10.8. The highest BCUT2D eigenvalue weighted by Crippen LogP contribution is 2.26. The van der Waals surface area contributed by atoms with Crippen molar-refractivity contribution in [2.24, 2.45) is 5.92 Å². The van der Waals surface area contributed by atoms with Crippen LogP contribution in [0.4, 0.5) is 0 Å². The Morgan fingerprint density at radius 2 is 2.11 bits per heavy atom. The number of carbonyl (C=O) groups excluding carboxylic acids is 1. The Kier molecular flexibility index (Phi) is 7.30. The lowest BCUT2D eigenvalue weighted by Crippen LogP contribution is -2.45. The van der Waals surface area contributed by atoms with Crippen molar-refractivity contribution in [3.05, 3.63) is 17.5 Å². The fraction of sp³-hybridized carbons (Fsp3) is 0.737. The van der Waals surface area contributed by atoms with Crippen LogP contribution in [-0.4, -0.2) is 62.3 Å². The topological polar surface area (TPSA) is 69.7 Å². The van der Waals surface area contributed by atoms with Crippen LogP contribution in [0.15, 0.2) is 21.7 Å². The van der Waals surface area contributed by atoms with Gasteiger partial charge in [-0.1, -0.05) is 12.5 Å². The van der Waals surface area contributed by atoms with Crippen molar-refractivity contribution in [3.8, 4) is 0 Å². The Bertz CT molecular complexity index is 706. The number of hydrogen-bond acceptors (Lipinski definition) is 5. The minimum Gasteiger partial charge on any atom is -0.356 e. The van der Waals surface area contributed by atoms with E-state index in [-0.39, 0.29) is 18.4 Å². The number of rotatable bonds is 7. The van der Waals surface area contributed by atoms with Gasteiger partial charge in [0.25, 0.3) is 10.0 Å². The molecule has 1 aromatic rings. The molecule has 8 heteroatoms. The summed E-state index contributed by atoms with van der Waals surface area (Å²) < 4.78 is 27.2. The van der Waals surface area contributed by atoms with E-state index in [4.69, 9.17) is 0 Å². The van der Waals surface area contributed by atoms with E-state index in [1.165, 1.54) is 34.9 Å². The number of sulfonamides is 1. The second kappa shape index (κ2) is 9.49. The smallest absolute Gasteiger partial charge is 0.252 e. The summed E-state index contributed by atoms with van der Waals surface area (Å²) in [5, 5.41) is 4.80. The number of likely N-dealkylation sites (tertiary alicyclic amines) is 1. The number of nitrogens with zero attached hydrogens (tertiary/aromatic N) is 2.